The highest BCUT2D eigenvalue weighted by Crippen LogP contribution is 2.43. The van der Waals surface area contributed by atoms with Crippen molar-refractivity contribution in [2.45, 2.75) is 28.9 Å². The number of hydrogen-bond acceptors (Lipinski definition) is 5. The van der Waals surface area contributed by atoms with Gasteiger partial charge in [0, 0.05) is 11.3 Å². The Morgan fingerprint density at radius 3 is 2.58 bits per heavy atom. The van der Waals surface area contributed by atoms with E-state index in [1.165, 1.54) is 25.3 Å². The monoisotopic (exact) mass is 301 g/mol. The third kappa shape index (κ3) is 2.98. The van der Waals surface area contributed by atoms with E-state index in [2.05, 4.69) is 11.6 Å². The molecular formula is C12H19N3O2S2. The number of benzene rings is 1. The highest BCUT2D eigenvalue weighted by atomic mass is 32.2. The fraction of sp³-hybridized carbons (Fsp3) is 0.500. The number of anilines is 2. The van der Waals surface area contributed by atoms with Crippen LogP contribution in [0.25, 0.3) is 0 Å². The maximum absolute atomic E-state index is 11.4. The van der Waals surface area contributed by atoms with E-state index in [-0.39, 0.29) is 15.3 Å². The Kier molecular flexibility index (Phi) is 3.98. The molecule has 5 N–H and O–H groups in total. The van der Waals surface area contributed by atoms with Crippen molar-refractivity contribution in [1.29, 1.82) is 0 Å². The first-order valence-corrected chi connectivity index (χ1v) is 8.85. The van der Waals surface area contributed by atoms with E-state index in [0.29, 0.717) is 5.69 Å². The van der Waals surface area contributed by atoms with Crippen molar-refractivity contribution in [3.8, 4) is 0 Å². The van der Waals surface area contributed by atoms with E-state index in [1.807, 2.05) is 11.8 Å². The van der Waals surface area contributed by atoms with Gasteiger partial charge in [-0.2, -0.15) is 11.8 Å². The summed E-state index contributed by atoms with van der Waals surface area (Å²) in [5.41, 5.74) is 6.70. The van der Waals surface area contributed by atoms with Crippen molar-refractivity contribution in [2.24, 2.45) is 5.14 Å². The quantitative estimate of drug-likeness (QED) is 0.718. The summed E-state index contributed by atoms with van der Waals surface area (Å²) in [5, 5.41) is 8.39. The Morgan fingerprint density at radius 2 is 2.11 bits per heavy atom. The number of sulfonamides is 1. The third-order valence-corrected chi connectivity index (χ3v) is 6.06. The van der Waals surface area contributed by atoms with E-state index in [9.17, 15) is 8.42 Å². The Morgan fingerprint density at radius 1 is 1.42 bits per heavy atom. The lowest BCUT2D eigenvalue weighted by Gasteiger charge is -2.40. The number of nitrogen functional groups attached to an aromatic ring is 1. The van der Waals surface area contributed by atoms with E-state index in [0.717, 1.165) is 6.54 Å². The predicted molar refractivity (Wildman–Crippen MR) is 80.8 cm³/mol. The van der Waals surface area contributed by atoms with E-state index < -0.39 is 10.0 Å². The van der Waals surface area contributed by atoms with Crippen LogP contribution in [-0.2, 0) is 10.0 Å². The predicted octanol–water partition coefficient (Wildman–Crippen LogP) is 1.61. The summed E-state index contributed by atoms with van der Waals surface area (Å²) >= 11 is 1.85. The Hall–Kier alpha value is -0.920. The van der Waals surface area contributed by atoms with Crippen molar-refractivity contribution < 1.29 is 8.42 Å². The molecule has 7 heteroatoms. The van der Waals surface area contributed by atoms with Crippen LogP contribution in [0, 0.1) is 0 Å². The minimum atomic E-state index is -3.78. The molecule has 1 aromatic carbocycles. The molecule has 1 saturated carbocycles. The van der Waals surface area contributed by atoms with E-state index in [1.54, 1.807) is 12.1 Å². The van der Waals surface area contributed by atoms with Gasteiger partial charge in [-0.3, -0.25) is 0 Å². The minimum absolute atomic E-state index is 0.0238. The van der Waals surface area contributed by atoms with Gasteiger partial charge in [0.15, 0.2) is 0 Å². The number of primary sulfonamides is 1. The summed E-state index contributed by atoms with van der Waals surface area (Å²) in [6.45, 7) is 0.784. The number of hydrogen-bond donors (Lipinski definition) is 3. The average molecular weight is 301 g/mol. The van der Waals surface area contributed by atoms with Gasteiger partial charge >= 0.3 is 0 Å². The van der Waals surface area contributed by atoms with Crippen molar-refractivity contribution >= 4 is 33.2 Å². The molecule has 0 saturated heterocycles. The van der Waals surface area contributed by atoms with Gasteiger partial charge in [-0.25, -0.2) is 13.6 Å². The molecule has 106 valence electrons. The summed E-state index contributed by atoms with van der Waals surface area (Å²) in [7, 11) is -3.78. The number of rotatable bonds is 5. The number of thioether (sulfide) groups is 1. The van der Waals surface area contributed by atoms with Crippen LogP contribution in [0.15, 0.2) is 23.1 Å². The zero-order chi connectivity index (χ0) is 14.1. The first-order valence-electron chi connectivity index (χ1n) is 6.08. The highest BCUT2D eigenvalue weighted by molar-refractivity contribution is 8.00. The highest BCUT2D eigenvalue weighted by Gasteiger charge is 2.35. The fourth-order valence-electron chi connectivity index (χ4n) is 2.23. The molecule has 0 unspecified atom stereocenters. The zero-order valence-electron chi connectivity index (χ0n) is 10.8. The molecule has 1 aliphatic carbocycles. The topological polar surface area (TPSA) is 98.2 Å². The maximum atomic E-state index is 11.4. The molecule has 0 aromatic heterocycles. The van der Waals surface area contributed by atoms with Crippen LogP contribution in [0.1, 0.15) is 19.3 Å². The van der Waals surface area contributed by atoms with Crippen molar-refractivity contribution in [1.82, 2.24) is 0 Å². The van der Waals surface area contributed by atoms with Crippen LogP contribution < -0.4 is 16.2 Å². The molecule has 0 radical (unpaired) electrons. The number of para-hydroxylation sites is 1. The second kappa shape index (κ2) is 5.22. The summed E-state index contributed by atoms with van der Waals surface area (Å²) < 4.78 is 23.0. The molecule has 1 aliphatic rings. The van der Waals surface area contributed by atoms with Gasteiger partial charge in [0.25, 0.3) is 0 Å². The third-order valence-electron chi connectivity index (χ3n) is 3.67. The molecule has 0 heterocycles. The molecule has 5 nitrogen and oxygen atoms in total. The van der Waals surface area contributed by atoms with Gasteiger partial charge in [-0.1, -0.05) is 12.5 Å². The molecule has 0 amide bonds. The van der Waals surface area contributed by atoms with Crippen LogP contribution in [0.4, 0.5) is 11.4 Å². The van der Waals surface area contributed by atoms with Crippen LogP contribution in [0.3, 0.4) is 0 Å². The lowest BCUT2D eigenvalue weighted by Crippen LogP contribution is -2.40. The molecule has 0 atom stereocenters. The normalized spacial score (nSPS) is 17.8. The molecule has 1 aromatic rings. The largest absolute Gasteiger partial charge is 0.396 e. The van der Waals surface area contributed by atoms with Gasteiger partial charge in [-0.05, 0) is 31.2 Å². The van der Waals surface area contributed by atoms with Crippen molar-refractivity contribution in [3.63, 3.8) is 0 Å². The van der Waals surface area contributed by atoms with E-state index >= 15 is 0 Å². The van der Waals surface area contributed by atoms with Gasteiger partial charge in [0.2, 0.25) is 10.0 Å². The first-order chi connectivity index (χ1) is 8.88. The Balaban J connectivity index is 2.18. The van der Waals surface area contributed by atoms with Gasteiger partial charge < -0.3 is 11.1 Å². The Labute approximate surface area is 118 Å². The number of nitrogens with one attached hydrogen (secondary N) is 1. The van der Waals surface area contributed by atoms with Crippen LogP contribution in [0.2, 0.25) is 0 Å². The fourth-order valence-corrected chi connectivity index (χ4v) is 3.82. The standard InChI is InChI=1S/C12H19N3O2S2/c1-18-12(6-3-7-12)8-15-9-4-2-5-10(11(9)13)19(14,16)17/h2,4-5,15H,3,6-8,13H2,1H3,(H2,14,16,17). The summed E-state index contributed by atoms with van der Waals surface area (Å²) in [4.78, 5) is -0.0238. The zero-order valence-corrected chi connectivity index (χ0v) is 12.5. The summed E-state index contributed by atoms with van der Waals surface area (Å²) in [5.74, 6) is 0. The lowest BCUT2D eigenvalue weighted by molar-refractivity contribution is 0.380. The molecule has 19 heavy (non-hydrogen) atoms. The number of nitrogens with two attached hydrogens (primary N) is 2. The second-order valence-electron chi connectivity index (χ2n) is 4.86. The molecule has 2 rings (SSSR count). The minimum Gasteiger partial charge on any atom is -0.396 e. The lowest BCUT2D eigenvalue weighted by atomic mass is 9.84. The molecule has 0 spiro atoms. The maximum Gasteiger partial charge on any atom is 0.240 e. The van der Waals surface area contributed by atoms with E-state index in [4.69, 9.17) is 10.9 Å². The van der Waals surface area contributed by atoms with Crippen LogP contribution in [0.5, 0.6) is 0 Å². The average Bonchev–Trinajstić information content (AvgIpc) is 2.28. The van der Waals surface area contributed by atoms with Gasteiger partial charge in [0.05, 0.1) is 11.4 Å². The van der Waals surface area contributed by atoms with Crippen LogP contribution in [-0.4, -0.2) is 26.0 Å². The first kappa shape index (κ1) is 14.5. The van der Waals surface area contributed by atoms with Crippen molar-refractivity contribution in [3.05, 3.63) is 18.2 Å². The summed E-state index contributed by atoms with van der Waals surface area (Å²) in [6.07, 6.45) is 5.70. The smallest absolute Gasteiger partial charge is 0.240 e. The SMILES string of the molecule is CSC1(CNc2cccc(S(N)(=O)=O)c2N)CCC1. The van der Waals surface area contributed by atoms with Gasteiger partial charge in [-0.15, -0.1) is 0 Å². The second-order valence-corrected chi connectivity index (χ2v) is 7.66. The Bertz CT molecular complexity index is 563. The molecule has 0 bridgehead atoms. The van der Waals surface area contributed by atoms with Gasteiger partial charge in [0.1, 0.15) is 4.90 Å². The molecule has 1 fully saturated rings. The van der Waals surface area contributed by atoms with Crippen molar-refractivity contribution in [2.75, 3.05) is 23.9 Å². The molecular weight excluding hydrogens is 282 g/mol. The van der Waals surface area contributed by atoms with Crippen LogP contribution >= 0.6 is 11.8 Å². The molecule has 0 aliphatic heterocycles. The summed E-state index contributed by atoms with van der Waals surface area (Å²) in [6, 6.07) is 4.84.